The molecule has 0 radical (unpaired) electrons. The summed E-state index contributed by atoms with van der Waals surface area (Å²) < 4.78 is 0. The molecule has 3 rings (SSSR count). The van der Waals surface area contributed by atoms with E-state index >= 15 is 0 Å². The van der Waals surface area contributed by atoms with Gasteiger partial charge in [0.25, 0.3) is 0 Å². The molecule has 2 heteroatoms. The molecule has 18 heavy (non-hydrogen) atoms. The maximum Gasteiger partial charge on any atom is 0.0379 e. The molecule has 1 atom stereocenters. The van der Waals surface area contributed by atoms with Crippen LogP contribution >= 0.6 is 11.6 Å². The zero-order valence-corrected chi connectivity index (χ0v) is 11.2. The molecule has 1 aliphatic heterocycles. The fourth-order valence-corrected chi connectivity index (χ4v) is 3.28. The van der Waals surface area contributed by atoms with Gasteiger partial charge in [0, 0.05) is 18.5 Å². The smallest absolute Gasteiger partial charge is 0.0379 e. The molecule has 2 aromatic carbocycles. The third kappa shape index (κ3) is 2.25. The lowest BCUT2D eigenvalue weighted by Gasteiger charge is -2.23. The maximum atomic E-state index is 6.05. The van der Waals surface area contributed by atoms with Gasteiger partial charge in [-0.3, -0.25) is 4.90 Å². The minimum atomic E-state index is 0.561. The van der Waals surface area contributed by atoms with Crippen LogP contribution in [0.25, 0.3) is 10.8 Å². The van der Waals surface area contributed by atoms with Gasteiger partial charge in [0.05, 0.1) is 0 Å². The fraction of sp³-hybridized carbons (Fsp3) is 0.375. The minimum Gasteiger partial charge on any atom is -0.295 e. The first-order chi connectivity index (χ1) is 8.88. The Hall–Kier alpha value is -1.05. The predicted molar refractivity (Wildman–Crippen MR) is 78.1 cm³/mol. The van der Waals surface area contributed by atoms with Gasteiger partial charge < -0.3 is 0 Å². The normalized spacial score (nSPS) is 20.6. The van der Waals surface area contributed by atoms with E-state index in [0.29, 0.717) is 6.04 Å². The molecule has 0 bridgehead atoms. The van der Waals surface area contributed by atoms with E-state index < -0.39 is 0 Å². The summed E-state index contributed by atoms with van der Waals surface area (Å²) in [5, 5.41) is 2.71. The van der Waals surface area contributed by atoms with Gasteiger partial charge in [-0.2, -0.15) is 0 Å². The molecule has 0 saturated carbocycles. The summed E-state index contributed by atoms with van der Waals surface area (Å²) in [6, 6.07) is 15.8. The average Bonchev–Trinajstić information content (AvgIpc) is 2.86. The van der Waals surface area contributed by atoms with Crippen LogP contribution in [0.5, 0.6) is 0 Å². The van der Waals surface area contributed by atoms with Gasteiger partial charge in [-0.05, 0) is 35.7 Å². The van der Waals surface area contributed by atoms with Crippen LogP contribution in [0.1, 0.15) is 18.4 Å². The third-order valence-corrected chi connectivity index (χ3v) is 4.29. The maximum absolute atomic E-state index is 6.05. The highest BCUT2D eigenvalue weighted by atomic mass is 35.5. The summed E-state index contributed by atoms with van der Waals surface area (Å²) in [7, 11) is 0. The summed E-state index contributed by atoms with van der Waals surface area (Å²) >= 11 is 6.05. The lowest BCUT2D eigenvalue weighted by Crippen LogP contribution is -2.30. The predicted octanol–water partition coefficient (Wildman–Crippen LogP) is 4.04. The molecule has 2 aromatic rings. The Balaban J connectivity index is 1.90. The zero-order valence-electron chi connectivity index (χ0n) is 10.5. The monoisotopic (exact) mass is 259 g/mol. The molecule has 0 spiro atoms. The standard InChI is InChI=1S/C16H18ClN/c17-11-15-8-4-10-18(15)12-14-7-3-6-13-5-1-2-9-16(13)14/h1-3,5-7,9,15H,4,8,10-12H2. The van der Waals surface area contributed by atoms with E-state index in [9.17, 15) is 0 Å². The van der Waals surface area contributed by atoms with E-state index in [-0.39, 0.29) is 0 Å². The van der Waals surface area contributed by atoms with Crippen LogP contribution in [0.2, 0.25) is 0 Å². The van der Waals surface area contributed by atoms with Crippen LogP contribution in [0, 0.1) is 0 Å². The Morgan fingerprint density at radius 3 is 2.83 bits per heavy atom. The molecule has 1 heterocycles. The molecule has 1 unspecified atom stereocenters. The van der Waals surface area contributed by atoms with Crippen molar-refractivity contribution in [3.8, 4) is 0 Å². The molecule has 94 valence electrons. The highest BCUT2D eigenvalue weighted by Crippen LogP contribution is 2.25. The van der Waals surface area contributed by atoms with Crippen LogP contribution in [0.15, 0.2) is 42.5 Å². The van der Waals surface area contributed by atoms with Crippen molar-refractivity contribution in [2.24, 2.45) is 0 Å². The Morgan fingerprint density at radius 2 is 1.94 bits per heavy atom. The first-order valence-electron chi connectivity index (χ1n) is 6.65. The van der Waals surface area contributed by atoms with Crippen molar-refractivity contribution in [1.29, 1.82) is 0 Å². The van der Waals surface area contributed by atoms with Gasteiger partial charge >= 0.3 is 0 Å². The summed E-state index contributed by atoms with van der Waals surface area (Å²) in [6.45, 7) is 2.21. The van der Waals surface area contributed by atoms with E-state index in [1.54, 1.807) is 0 Å². The van der Waals surface area contributed by atoms with E-state index in [2.05, 4.69) is 47.4 Å². The summed E-state index contributed by atoms with van der Waals surface area (Å²) in [5.41, 5.74) is 1.42. The van der Waals surface area contributed by atoms with Crippen LogP contribution in [-0.4, -0.2) is 23.4 Å². The van der Waals surface area contributed by atoms with Gasteiger partial charge in [0.15, 0.2) is 0 Å². The Bertz CT molecular complexity index is 532. The number of hydrogen-bond acceptors (Lipinski definition) is 1. The van der Waals surface area contributed by atoms with E-state index in [1.807, 2.05) is 0 Å². The molecular formula is C16H18ClN. The minimum absolute atomic E-state index is 0.561. The summed E-state index contributed by atoms with van der Waals surface area (Å²) in [4.78, 5) is 2.52. The Morgan fingerprint density at radius 1 is 1.11 bits per heavy atom. The summed E-state index contributed by atoms with van der Waals surface area (Å²) in [5.74, 6) is 0.755. The van der Waals surface area contributed by atoms with Crippen molar-refractivity contribution in [3.63, 3.8) is 0 Å². The number of halogens is 1. The van der Waals surface area contributed by atoms with Gasteiger partial charge in [-0.1, -0.05) is 42.5 Å². The molecule has 0 aliphatic carbocycles. The molecule has 1 saturated heterocycles. The van der Waals surface area contributed by atoms with Crippen LogP contribution in [-0.2, 0) is 6.54 Å². The van der Waals surface area contributed by atoms with Crippen molar-refractivity contribution in [1.82, 2.24) is 4.90 Å². The lowest BCUT2D eigenvalue weighted by atomic mass is 10.0. The molecule has 1 aliphatic rings. The Kier molecular flexibility index (Phi) is 3.53. The average molecular weight is 260 g/mol. The molecule has 1 fully saturated rings. The molecular weight excluding hydrogens is 242 g/mol. The van der Waals surface area contributed by atoms with Crippen molar-refractivity contribution < 1.29 is 0 Å². The molecule has 0 N–H and O–H groups in total. The van der Waals surface area contributed by atoms with Gasteiger partial charge in [0.2, 0.25) is 0 Å². The van der Waals surface area contributed by atoms with Gasteiger partial charge in [-0.25, -0.2) is 0 Å². The number of nitrogens with zero attached hydrogens (tertiary/aromatic N) is 1. The number of rotatable bonds is 3. The largest absolute Gasteiger partial charge is 0.295 e. The quantitative estimate of drug-likeness (QED) is 0.752. The van der Waals surface area contributed by atoms with Crippen molar-refractivity contribution >= 4 is 22.4 Å². The lowest BCUT2D eigenvalue weighted by molar-refractivity contribution is 0.264. The second kappa shape index (κ2) is 5.29. The first kappa shape index (κ1) is 12.0. The fourth-order valence-electron chi connectivity index (χ4n) is 2.93. The number of benzene rings is 2. The topological polar surface area (TPSA) is 3.24 Å². The Labute approximate surface area is 113 Å². The third-order valence-electron chi connectivity index (χ3n) is 3.93. The highest BCUT2D eigenvalue weighted by Gasteiger charge is 2.23. The van der Waals surface area contributed by atoms with Crippen LogP contribution in [0.3, 0.4) is 0 Å². The van der Waals surface area contributed by atoms with E-state index in [1.165, 1.54) is 35.7 Å². The van der Waals surface area contributed by atoms with Gasteiger partial charge in [-0.15, -0.1) is 11.6 Å². The molecule has 0 aromatic heterocycles. The SMILES string of the molecule is ClCC1CCCN1Cc1cccc2ccccc12. The van der Waals surface area contributed by atoms with Crippen LogP contribution in [0.4, 0.5) is 0 Å². The number of fused-ring (bicyclic) bond motifs is 1. The second-order valence-electron chi connectivity index (χ2n) is 5.06. The van der Waals surface area contributed by atoms with Crippen molar-refractivity contribution in [2.45, 2.75) is 25.4 Å². The van der Waals surface area contributed by atoms with Crippen molar-refractivity contribution in [3.05, 3.63) is 48.0 Å². The first-order valence-corrected chi connectivity index (χ1v) is 7.18. The highest BCUT2D eigenvalue weighted by molar-refractivity contribution is 6.18. The number of hydrogen-bond donors (Lipinski definition) is 0. The van der Waals surface area contributed by atoms with Gasteiger partial charge in [0.1, 0.15) is 0 Å². The number of likely N-dealkylation sites (tertiary alicyclic amines) is 1. The van der Waals surface area contributed by atoms with Crippen molar-refractivity contribution in [2.75, 3.05) is 12.4 Å². The summed E-state index contributed by atoms with van der Waals surface area (Å²) in [6.07, 6.45) is 2.52. The van der Waals surface area contributed by atoms with E-state index in [0.717, 1.165) is 12.4 Å². The number of alkyl halides is 1. The molecule has 0 amide bonds. The van der Waals surface area contributed by atoms with E-state index in [4.69, 9.17) is 11.6 Å². The molecule has 1 nitrogen and oxygen atoms in total. The van der Waals surface area contributed by atoms with Crippen LogP contribution < -0.4 is 0 Å². The zero-order chi connectivity index (χ0) is 12.4. The second-order valence-corrected chi connectivity index (χ2v) is 5.37.